The summed E-state index contributed by atoms with van der Waals surface area (Å²) < 4.78 is 5.82. The number of carbonyl (C=O) groups excluding carboxylic acids is 1. The molecule has 0 aliphatic carbocycles. The SMILES string of the molecule is Cc1ccc(CNCc2ccccc2OCC(=O)N2CCCC2)c(C)c1. The van der Waals surface area contributed by atoms with Gasteiger partial charge in [0.2, 0.25) is 0 Å². The summed E-state index contributed by atoms with van der Waals surface area (Å²) in [7, 11) is 0. The number of para-hydroxylation sites is 1. The van der Waals surface area contributed by atoms with Crippen molar-refractivity contribution in [3.05, 3.63) is 64.7 Å². The number of hydrogen-bond donors (Lipinski definition) is 1. The van der Waals surface area contributed by atoms with Gasteiger partial charge in [-0.3, -0.25) is 4.79 Å². The van der Waals surface area contributed by atoms with Gasteiger partial charge < -0.3 is 15.0 Å². The van der Waals surface area contributed by atoms with Crippen molar-refractivity contribution in [2.24, 2.45) is 0 Å². The van der Waals surface area contributed by atoms with E-state index in [-0.39, 0.29) is 12.5 Å². The Labute approximate surface area is 156 Å². The Morgan fingerprint density at radius 1 is 1.04 bits per heavy atom. The number of rotatable bonds is 7. The molecule has 0 unspecified atom stereocenters. The predicted octanol–water partition coefficient (Wildman–Crippen LogP) is 3.59. The molecule has 3 rings (SSSR count). The Morgan fingerprint density at radius 2 is 1.77 bits per heavy atom. The van der Waals surface area contributed by atoms with Crippen molar-refractivity contribution >= 4 is 5.91 Å². The van der Waals surface area contributed by atoms with Crippen LogP contribution in [0.15, 0.2) is 42.5 Å². The Morgan fingerprint density at radius 3 is 2.54 bits per heavy atom. The highest BCUT2D eigenvalue weighted by molar-refractivity contribution is 5.78. The van der Waals surface area contributed by atoms with E-state index in [9.17, 15) is 4.79 Å². The lowest BCUT2D eigenvalue weighted by atomic mass is 10.1. The van der Waals surface area contributed by atoms with Crippen LogP contribution in [0.4, 0.5) is 0 Å². The first-order chi connectivity index (χ1) is 12.6. The van der Waals surface area contributed by atoms with Crippen LogP contribution in [0.2, 0.25) is 0 Å². The maximum atomic E-state index is 12.2. The van der Waals surface area contributed by atoms with Gasteiger partial charge in [-0.05, 0) is 43.9 Å². The molecule has 2 aromatic rings. The zero-order valence-corrected chi connectivity index (χ0v) is 15.8. The minimum Gasteiger partial charge on any atom is -0.483 e. The van der Waals surface area contributed by atoms with Crippen LogP contribution in [0.1, 0.15) is 35.1 Å². The molecule has 0 saturated carbocycles. The molecular weight excluding hydrogens is 324 g/mol. The van der Waals surface area contributed by atoms with Crippen molar-refractivity contribution in [2.45, 2.75) is 39.8 Å². The summed E-state index contributed by atoms with van der Waals surface area (Å²) in [5.74, 6) is 0.869. The second-order valence-corrected chi connectivity index (χ2v) is 7.02. The molecule has 138 valence electrons. The van der Waals surface area contributed by atoms with Gasteiger partial charge in [-0.15, -0.1) is 0 Å². The fourth-order valence-corrected chi connectivity index (χ4v) is 3.36. The van der Waals surface area contributed by atoms with Crippen LogP contribution in [0.25, 0.3) is 0 Å². The molecule has 0 radical (unpaired) electrons. The molecular formula is C22H28N2O2. The van der Waals surface area contributed by atoms with Crippen molar-refractivity contribution in [3.63, 3.8) is 0 Å². The molecule has 2 aromatic carbocycles. The van der Waals surface area contributed by atoms with Gasteiger partial charge in [-0.25, -0.2) is 0 Å². The number of hydrogen-bond acceptors (Lipinski definition) is 3. The zero-order valence-electron chi connectivity index (χ0n) is 15.8. The maximum absolute atomic E-state index is 12.2. The van der Waals surface area contributed by atoms with Crippen molar-refractivity contribution in [3.8, 4) is 5.75 Å². The van der Waals surface area contributed by atoms with Crippen LogP contribution in [0, 0.1) is 13.8 Å². The highest BCUT2D eigenvalue weighted by atomic mass is 16.5. The molecule has 1 aliphatic heterocycles. The Hall–Kier alpha value is -2.33. The first-order valence-electron chi connectivity index (χ1n) is 9.39. The maximum Gasteiger partial charge on any atom is 0.260 e. The minimum absolute atomic E-state index is 0.0838. The van der Waals surface area contributed by atoms with Crippen molar-refractivity contribution in [1.29, 1.82) is 0 Å². The van der Waals surface area contributed by atoms with E-state index in [1.807, 2.05) is 29.2 Å². The van der Waals surface area contributed by atoms with Gasteiger partial charge in [0.05, 0.1) is 0 Å². The highest BCUT2D eigenvalue weighted by Gasteiger charge is 2.18. The van der Waals surface area contributed by atoms with Crippen LogP contribution in [-0.2, 0) is 17.9 Å². The van der Waals surface area contributed by atoms with Crippen molar-refractivity contribution < 1.29 is 9.53 Å². The lowest BCUT2D eigenvalue weighted by Gasteiger charge is -2.17. The number of likely N-dealkylation sites (tertiary alicyclic amines) is 1. The molecule has 1 fully saturated rings. The Kier molecular flexibility index (Phi) is 6.29. The van der Waals surface area contributed by atoms with Crippen LogP contribution in [0.3, 0.4) is 0 Å². The second kappa shape index (κ2) is 8.86. The number of nitrogens with zero attached hydrogens (tertiary/aromatic N) is 1. The van der Waals surface area contributed by atoms with Crippen molar-refractivity contribution in [2.75, 3.05) is 19.7 Å². The molecule has 4 heteroatoms. The quantitative estimate of drug-likeness (QED) is 0.828. The molecule has 1 aliphatic rings. The smallest absolute Gasteiger partial charge is 0.260 e. The first kappa shape index (κ1) is 18.5. The van der Waals surface area contributed by atoms with Gasteiger partial charge in [-0.1, -0.05) is 42.0 Å². The van der Waals surface area contributed by atoms with Crippen LogP contribution in [0.5, 0.6) is 5.75 Å². The standard InChI is InChI=1S/C22H28N2O2/c1-17-9-10-19(18(2)13-17)14-23-15-20-7-3-4-8-21(20)26-16-22(25)24-11-5-6-12-24/h3-4,7-10,13,23H,5-6,11-12,14-16H2,1-2H3. The summed E-state index contributed by atoms with van der Waals surface area (Å²) >= 11 is 0. The van der Waals surface area contributed by atoms with Gasteiger partial charge in [0, 0.05) is 31.7 Å². The molecule has 4 nitrogen and oxygen atoms in total. The van der Waals surface area contributed by atoms with E-state index in [0.29, 0.717) is 6.54 Å². The van der Waals surface area contributed by atoms with Gasteiger partial charge in [0.25, 0.3) is 5.91 Å². The molecule has 1 N–H and O–H groups in total. The van der Waals surface area contributed by atoms with Crippen molar-refractivity contribution in [1.82, 2.24) is 10.2 Å². The number of nitrogens with one attached hydrogen (secondary N) is 1. The van der Waals surface area contributed by atoms with Crippen LogP contribution >= 0.6 is 0 Å². The van der Waals surface area contributed by atoms with Gasteiger partial charge in [0.1, 0.15) is 5.75 Å². The van der Waals surface area contributed by atoms with E-state index in [4.69, 9.17) is 4.74 Å². The first-order valence-corrected chi connectivity index (χ1v) is 9.39. The Bertz CT molecular complexity index is 752. The molecule has 26 heavy (non-hydrogen) atoms. The molecule has 0 spiro atoms. The summed E-state index contributed by atoms with van der Waals surface area (Å²) in [5.41, 5.74) is 4.97. The lowest BCUT2D eigenvalue weighted by molar-refractivity contribution is -0.132. The third-order valence-electron chi connectivity index (χ3n) is 4.91. The fourth-order valence-electron chi connectivity index (χ4n) is 3.36. The van der Waals surface area contributed by atoms with E-state index >= 15 is 0 Å². The fraction of sp³-hybridized carbons (Fsp3) is 0.409. The van der Waals surface area contributed by atoms with E-state index in [1.54, 1.807) is 0 Å². The summed E-state index contributed by atoms with van der Waals surface area (Å²) in [4.78, 5) is 14.1. The summed E-state index contributed by atoms with van der Waals surface area (Å²) in [6.07, 6.45) is 2.20. The minimum atomic E-state index is 0.0838. The average molecular weight is 352 g/mol. The normalized spacial score (nSPS) is 13.8. The molecule has 0 aromatic heterocycles. The topological polar surface area (TPSA) is 41.6 Å². The number of carbonyl (C=O) groups is 1. The third kappa shape index (κ3) is 4.85. The summed E-state index contributed by atoms with van der Waals surface area (Å²) in [6.45, 7) is 7.62. The zero-order chi connectivity index (χ0) is 18.4. The molecule has 1 heterocycles. The number of benzene rings is 2. The average Bonchev–Trinajstić information content (AvgIpc) is 3.17. The van der Waals surface area contributed by atoms with Gasteiger partial charge >= 0.3 is 0 Å². The van der Waals surface area contributed by atoms with E-state index < -0.39 is 0 Å². The van der Waals surface area contributed by atoms with Gasteiger partial charge in [-0.2, -0.15) is 0 Å². The number of aryl methyl sites for hydroxylation is 2. The number of amides is 1. The van der Waals surface area contributed by atoms with Gasteiger partial charge in [0.15, 0.2) is 6.61 Å². The van der Waals surface area contributed by atoms with Crippen LogP contribution in [-0.4, -0.2) is 30.5 Å². The highest BCUT2D eigenvalue weighted by Crippen LogP contribution is 2.19. The molecule has 0 bridgehead atoms. The molecule has 0 atom stereocenters. The van der Waals surface area contributed by atoms with E-state index in [2.05, 4.69) is 37.4 Å². The van der Waals surface area contributed by atoms with Crippen LogP contribution < -0.4 is 10.1 Å². The molecule has 1 saturated heterocycles. The van der Waals surface area contributed by atoms with E-state index in [1.165, 1.54) is 16.7 Å². The summed E-state index contributed by atoms with van der Waals surface area (Å²) in [5, 5.41) is 3.49. The monoisotopic (exact) mass is 352 g/mol. The molecule has 1 amide bonds. The third-order valence-corrected chi connectivity index (χ3v) is 4.91. The predicted molar refractivity (Wildman–Crippen MR) is 104 cm³/mol. The number of ether oxygens (including phenoxy) is 1. The van der Waals surface area contributed by atoms with E-state index in [0.717, 1.165) is 43.8 Å². The summed E-state index contributed by atoms with van der Waals surface area (Å²) in [6, 6.07) is 14.5. The largest absolute Gasteiger partial charge is 0.483 e. The Balaban J connectivity index is 1.54. The second-order valence-electron chi connectivity index (χ2n) is 7.02. The lowest BCUT2D eigenvalue weighted by Crippen LogP contribution is -2.32.